The number of ketones is 1. The maximum absolute atomic E-state index is 12.0. The van der Waals surface area contributed by atoms with Crippen LogP contribution in [0.15, 0.2) is 30.3 Å². The van der Waals surface area contributed by atoms with E-state index in [4.69, 9.17) is 0 Å². The van der Waals surface area contributed by atoms with Crippen molar-refractivity contribution >= 4 is 24.1 Å². The highest BCUT2D eigenvalue weighted by Crippen LogP contribution is 2.07. The van der Waals surface area contributed by atoms with Gasteiger partial charge in [0.1, 0.15) is 0 Å². The van der Waals surface area contributed by atoms with Crippen molar-refractivity contribution < 1.29 is 9.59 Å². The van der Waals surface area contributed by atoms with Crippen molar-refractivity contribution in [1.82, 2.24) is 10.2 Å². The van der Waals surface area contributed by atoms with Crippen LogP contribution in [0, 0.1) is 0 Å². The highest BCUT2D eigenvalue weighted by Gasteiger charge is 2.16. The molecule has 0 spiro atoms. The monoisotopic (exact) mass is 296 g/mol. The van der Waals surface area contributed by atoms with Crippen molar-refractivity contribution in [2.45, 2.75) is 19.3 Å². The van der Waals surface area contributed by atoms with E-state index in [1.165, 1.54) is 0 Å². The minimum absolute atomic E-state index is 0. The minimum atomic E-state index is 0. The molecule has 1 fully saturated rings. The van der Waals surface area contributed by atoms with E-state index in [9.17, 15) is 9.59 Å². The van der Waals surface area contributed by atoms with Gasteiger partial charge >= 0.3 is 0 Å². The summed E-state index contributed by atoms with van der Waals surface area (Å²) in [6.07, 6.45) is 1.60. The van der Waals surface area contributed by atoms with Gasteiger partial charge in [0.05, 0.1) is 0 Å². The van der Waals surface area contributed by atoms with Crippen LogP contribution < -0.4 is 5.32 Å². The Morgan fingerprint density at radius 3 is 2.55 bits per heavy atom. The molecule has 0 radical (unpaired) electrons. The van der Waals surface area contributed by atoms with Gasteiger partial charge in [-0.3, -0.25) is 9.59 Å². The Hall–Kier alpha value is -1.39. The van der Waals surface area contributed by atoms with E-state index in [1.807, 2.05) is 23.1 Å². The normalized spacial score (nSPS) is 15.1. The van der Waals surface area contributed by atoms with Crippen LogP contribution in [0.1, 0.15) is 29.6 Å². The summed E-state index contributed by atoms with van der Waals surface area (Å²) < 4.78 is 0. The zero-order valence-electron chi connectivity index (χ0n) is 11.5. The summed E-state index contributed by atoms with van der Waals surface area (Å²) in [5.74, 6) is 0.134. The molecular formula is C15H21ClN2O2. The number of carbonyl (C=O) groups is 2. The summed E-state index contributed by atoms with van der Waals surface area (Å²) in [5, 5.41) is 3.26. The number of nitrogens with one attached hydrogen (secondary N) is 1. The molecule has 5 heteroatoms. The van der Waals surface area contributed by atoms with Gasteiger partial charge < -0.3 is 10.2 Å². The van der Waals surface area contributed by atoms with Crippen molar-refractivity contribution in [3.05, 3.63) is 35.9 Å². The smallest absolute Gasteiger partial charge is 0.223 e. The summed E-state index contributed by atoms with van der Waals surface area (Å²) in [5.41, 5.74) is 0.688. The van der Waals surface area contributed by atoms with Crippen LogP contribution in [0.25, 0.3) is 0 Å². The first kappa shape index (κ1) is 16.7. The van der Waals surface area contributed by atoms with Crippen molar-refractivity contribution in [2.75, 3.05) is 26.2 Å². The van der Waals surface area contributed by atoms with Crippen LogP contribution in [0.4, 0.5) is 0 Å². The van der Waals surface area contributed by atoms with Gasteiger partial charge in [-0.25, -0.2) is 0 Å². The van der Waals surface area contributed by atoms with E-state index in [0.29, 0.717) is 18.4 Å². The third kappa shape index (κ3) is 4.94. The highest BCUT2D eigenvalue weighted by atomic mass is 35.5. The van der Waals surface area contributed by atoms with Gasteiger partial charge in [-0.2, -0.15) is 0 Å². The standard InChI is InChI=1S/C15H20N2O2.ClH/c18-14(13-5-2-1-3-6-13)7-8-15(19)17-11-4-9-16-10-12-17;/h1-3,5-6,16H,4,7-12H2;1H. The quantitative estimate of drug-likeness (QED) is 0.863. The van der Waals surface area contributed by atoms with Gasteiger partial charge in [0, 0.05) is 38.0 Å². The molecule has 20 heavy (non-hydrogen) atoms. The second-order valence-electron chi connectivity index (χ2n) is 4.77. The van der Waals surface area contributed by atoms with E-state index in [2.05, 4.69) is 5.32 Å². The molecule has 1 aliphatic heterocycles. The lowest BCUT2D eigenvalue weighted by Crippen LogP contribution is -2.34. The number of hydrogen-bond donors (Lipinski definition) is 1. The molecule has 2 rings (SSSR count). The Labute approximate surface area is 125 Å². The average Bonchev–Trinajstić information content (AvgIpc) is 2.74. The zero-order chi connectivity index (χ0) is 13.5. The van der Waals surface area contributed by atoms with E-state index in [0.717, 1.165) is 32.6 Å². The predicted octanol–water partition coefficient (Wildman–Crippen LogP) is 1.89. The maximum Gasteiger partial charge on any atom is 0.223 e. The molecular weight excluding hydrogens is 276 g/mol. The summed E-state index contributed by atoms with van der Waals surface area (Å²) in [7, 11) is 0. The summed E-state index contributed by atoms with van der Waals surface area (Å²) >= 11 is 0. The fourth-order valence-corrected chi connectivity index (χ4v) is 2.24. The zero-order valence-corrected chi connectivity index (χ0v) is 12.3. The van der Waals surface area contributed by atoms with Gasteiger partial charge in [-0.15, -0.1) is 12.4 Å². The average molecular weight is 297 g/mol. The van der Waals surface area contributed by atoms with Crippen molar-refractivity contribution in [2.24, 2.45) is 0 Å². The molecule has 1 N–H and O–H groups in total. The number of benzene rings is 1. The van der Waals surface area contributed by atoms with Crippen molar-refractivity contribution in [3.8, 4) is 0 Å². The Balaban J connectivity index is 0.00000200. The number of halogens is 1. The lowest BCUT2D eigenvalue weighted by atomic mass is 10.1. The second kappa shape index (κ2) is 8.72. The number of amides is 1. The first-order chi connectivity index (χ1) is 9.27. The molecule has 1 aromatic carbocycles. The second-order valence-corrected chi connectivity index (χ2v) is 4.77. The molecule has 110 valence electrons. The van der Waals surface area contributed by atoms with E-state index in [-0.39, 0.29) is 24.1 Å². The lowest BCUT2D eigenvalue weighted by Gasteiger charge is -2.19. The van der Waals surface area contributed by atoms with Gasteiger partial charge in [0.15, 0.2) is 5.78 Å². The summed E-state index contributed by atoms with van der Waals surface area (Å²) in [6.45, 7) is 3.36. The third-order valence-corrected chi connectivity index (χ3v) is 3.35. The Kier molecular flexibility index (Phi) is 7.26. The van der Waals surface area contributed by atoms with Crippen molar-refractivity contribution in [3.63, 3.8) is 0 Å². The van der Waals surface area contributed by atoms with Gasteiger partial charge in [0.25, 0.3) is 0 Å². The fourth-order valence-electron chi connectivity index (χ4n) is 2.24. The van der Waals surface area contributed by atoms with E-state index >= 15 is 0 Å². The minimum Gasteiger partial charge on any atom is -0.341 e. The number of carbonyl (C=O) groups excluding carboxylic acids is 2. The Morgan fingerprint density at radius 1 is 1.05 bits per heavy atom. The molecule has 4 nitrogen and oxygen atoms in total. The largest absolute Gasteiger partial charge is 0.341 e. The van der Waals surface area contributed by atoms with Crippen LogP contribution in [0.3, 0.4) is 0 Å². The van der Waals surface area contributed by atoms with Crippen LogP contribution >= 0.6 is 12.4 Å². The fraction of sp³-hybridized carbons (Fsp3) is 0.467. The molecule has 1 aliphatic rings. The number of Topliss-reactive ketones (excluding diaryl/α,β-unsaturated/α-hetero) is 1. The number of rotatable bonds is 4. The van der Waals surface area contributed by atoms with Crippen LogP contribution in [-0.2, 0) is 4.79 Å². The summed E-state index contributed by atoms with van der Waals surface area (Å²) in [4.78, 5) is 25.8. The first-order valence-corrected chi connectivity index (χ1v) is 6.84. The van der Waals surface area contributed by atoms with Crippen LogP contribution in [-0.4, -0.2) is 42.8 Å². The number of hydrogen-bond acceptors (Lipinski definition) is 3. The molecule has 0 aromatic heterocycles. The topological polar surface area (TPSA) is 49.4 Å². The SMILES string of the molecule is Cl.O=C(CCC(=O)N1CCCNCC1)c1ccccc1. The highest BCUT2D eigenvalue weighted by molar-refractivity contribution is 5.97. The Morgan fingerprint density at radius 2 is 1.80 bits per heavy atom. The van der Waals surface area contributed by atoms with Gasteiger partial charge in [-0.1, -0.05) is 30.3 Å². The van der Waals surface area contributed by atoms with E-state index < -0.39 is 0 Å². The molecule has 0 saturated carbocycles. The van der Waals surface area contributed by atoms with Crippen LogP contribution in [0.5, 0.6) is 0 Å². The maximum atomic E-state index is 12.0. The first-order valence-electron chi connectivity index (χ1n) is 6.84. The molecule has 1 saturated heterocycles. The van der Waals surface area contributed by atoms with Crippen LogP contribution in [0.2, 0.25) is 0 Å². The molecule has 0 atom stereocenters. The molecule has 1 aromatic rings. The van der Waals surface area contributed by atoms with Crippen molar-refractivity contribution in [1.29, 1.82) is 0 Å². The molecule has 0 unspecified atom stereocenters. The molecule has 1 amide bonds. The molecule has 0 aliphatic carbocycles. The molecule has 0 bridgehead atoms. The number of nitrogens with zero attached hydrogens (tertiary/aromatic N) is 1. The Bertz CT molecular complexity index is 429. The lowest BCUT2D eigenvalue weighted by molar-refractivity contribution is -0.130. The molecule has 1 heterocycles. The van der Waals surface area contributed by atoms with Gasteiger partial charge in [-0.05, 0) is 13.0 Å². The third-order valence-electron chi connectivity index (χ3n) is 3.35. The van der Waals surface area contributed by atoms with E-state index in [1.54, 1.807) is 12.1 Å². The predicted molar refractivity (Wildman–Crippen MR) is 81.3 cm³/mol. The summed E-state index contributed by atoms with van der Waals surface area (Å²) in [6, 6.07) is 9.16. The van der Waals surface area contributed by atoms with Gasteiger partial charge in [0.2, 0.25) is 5.91 Å².